The number of ether oxygens (including phenoxy) is 1. The highest BCUT2D eigenvalue weighted by atomic mass is 16.5. The summed E-state index contributed by atoms with van der Waals surface area (Å²) < 4.78 is 5.62. The summed E-state index contributed by atoms with van der Waals surface area (Å²) in [5.74, 6) is -1.39. The van der Waals surface area contributed by atoms with Gasteiger partial charge in [0.05, 0.1) is 29.5 Å². The number of hydrogen-bond acceptors (Lipinski definition) is 5. The highest BCUT2D eigenvalue weighted by Gasteiger charge is 2.49. The normalized spacial score (nSPS) is 25.1. The Hall–Kier alpha value is -3.48. The van der Waals surface area contributed by atoms with E-state index in [1.165, 1.54) is 4.90 Å². The van der Waals surface area contributed by atoms with Crippen molar-refractivity contribution in [2.45, 2.75) is 52.0 Å². The van der Waals surface area contributed by atoms with Crippen LogP contribution in [0.5, 0.6) is 5.75 Å². The number of nitrogens with zero attached hydrogens (tertiary/aromatic N) is 2. The molecule has 2 aromatic carbocycles. The van der Waals surface area contributed by atoms with E-state index in [1.807, 2.05) is 37.3 Å². The van der Waals surface area contributed by atoms with Gasteiger partial charge in [-0.2, -0.15) is 0 Å². The van der Waals surface area contributed by atoms with Gasteiger partial charge in [-0.05, 0) is 56.0 Å². The fraction of sp³-hybridized carbons (Fsp3) is 0.429. The first-order valence-corrected chi connectivity index (χ1v) is 12.4. The molecule has 1 aliphatic carbocycles. The lowest BCUT2D eigenvalue weighted by Crippen LogP contribution is -2.31. The van der Waals surface area contributed by atoms with Crippen molar-refractivity contribution in [3.63, 3.8) is 0 Å². The SMILES string of the molecule is Cc1cc(OC(=O)[C@@H]2CC(=O)N([C@@H](C)c3ccccc3)C2)ccc1N1C(=O)[C@H]2CCCC[C@H]2C1=O. The molecule has 3 amide bonds. The molecule has 3 aliphatic rings. The topological polar surface area (TPSA) is 84.0 Å². The molecule has 35 heavy (non-hydrogen) atoms. The summed E-state index contributed by atoms with van der Waals surface area (Å²) in [4.78, 5) is 54.4. The number of fused-ring (bicyclic) bond motifs is 1. The smallest absolute Gasteiger partial charge is 0.316 e. The number of benzene rings is 2. The summed E-state index contributed by atoms with van der Waals surface area (Å²) in [5.41, 5.74) is 2.26. The Morgan fingerprint density at radius 2 is 1.63 bits per heavy atom. The van der Waals surface area contributed by atoms with Crippen LogP contribution in [0.1, 0.15) is 56.2 Å². The Morgan fingerprint density at radius 3 is 2.26 bits per heavy atom. The number of hydrogen-bond donors (Lipinski definition) is 0. The lowest BCUT2D eigenvalue weighted by atomic mass is 9.81. The van der Waals surface area contributed by atoms with Crippen LogP contribution >= 0.6 is 0 Å². The summed E-state index contributed by atoms with van der Waals surface area (Å²) in [6.07, 6.45) is 3.61. The molecule has 5 rings (SSSR count). The Kier molecular flexibility index (Phi) is 6.17. The van der Waals surface area contributed by atoms with Gasteiger partial charge in [-0.15, -0.1) is 0 Å². The molecule has 2 heterocycles. The lowest BCUT2D eigenvalue weighted by molar-refractivity contribution is -0.139. The summed E-state index contributed by atoms with van der Waals surface area (Å²) >= 11 is 0. The third-order valence-electron chi connectivity index (χ3n) is 7.71. The Balaban J connectivity index is 1.26. The molecule has 0 spiro atoms. The van der Waals surface area contributed by atoms with E-state index in [1.54, 1.807) is 30.0 Å². The zero-order chi connectivity index (χ0) is 24.7. The van der Waals surface area contributed by atoms with Crippen molar-refractivity contribution in [3.8, 4) is 5.75 Å². The Labute approximate surface area is 205 Å². The first-order valence-electron chi connectivity index (χ1n) is 12.4. The van der Waals surface area contributed by atoms with Crippen molar-refractivity contribution < 1.29 is 23.9 Å². The van der Waals surface area contributed by atoms with Gasteiger partial charge in [0, 0.05) is 13.0 Å². The summed E-state index contributed by atoms with van der Waals surface area (Å²) in [5, 5.41) is 0. The molecule has 182 valence electrons. The number of carbonyl (C=O) groups excluding carboxylic acids is 4. The van der Waals surface area contributed by atoms with Gasteiger partial charge < -0.3 is 9.64 Å². The second-order valence-electron chi connectivity index (χ2n) is 9.91. The average molecular weight is 475 g/mol. The third kappa shape index (κ3) is 4.24. The molecule has 0 aromatic heterocycles. The van der Waals surface area contributed by atoms with Crippen molar-refractivity contribution >= 4 is 29.4 Å². The number of esters is 1. The maximum atomic E-state index is 12.9. The molecule has 0 bridgehead atoms. The van der Waals surface area contributed by atoms with Crippen LogP contribution < -0.4 is 9.64 Å². The molecular weight excluding hydrogens is 444 g/mol. The Morgan fingerprint density at radius 1 is 0.971 bits per heavy atom. The molecule has 7 heteroatoms. The van der Waals surface area contributed by atoms with E-state index < -0.39 is 11.9 Å². The molecule has 3 fully saturated rings. The second kappa shape index (κ2) is 9.29. The van der Waals surface area contributed by atoms with E-state index in [0.29, 0.717) is 23.5 Å². The molecule has 0 radical (unpaired) electrons. The third-order valence-corrected chi connectivity index (χ3v) is 7.71. The second-order valence-corrected chi connectivity index (χ2v) is 9.91. The fourth-order valence-electron chi connectivity index (χ4n) is 5.72. The molecule has 4 atom stereocenters. The van der Waals surface area contributed by atoms with E-state index in [2.05, 4.69) is 0 Å². The van der Waals surface area contributed by atoms with E-state index in [4.69, 9.17) is 4.74 Å². The van der Waals surface area contributed by atoms with Crippen LogP contribution in [0.2, 0.25) is 0 Å². The minimum Gasteiger partial charge on any atom is -0.426 e. The van der Waals surface area contributed by atoms with Crippen molar-refractivity contribution in [2.24, 2.45) is 17.8 Å². The average Bonchev–Trinajstić information content (AvgIpc) is 3.37. The summed E-state index contributed by atoms with van der Waals surface area (Å²) in [7, 11) is 0. The van der Waals surface area contributed by atoms with Crippen LogP contribution in [0.4, 0.5) is 5.69 Å². The number of aryl methyl sites for hydroxylation is 1. The molecular formula is C28H30N2O5. The highest BCUT2D eigenvalue weighted by molar-refractivity contribution is 6.22. The standard InChI is InChI=1S/C28H30N2O5/c1-17-14-21(12-13-24(17)30-26(32)22-10-6-7-11-23(22)27(30)33)35-28(34)20-15-25(31)29(16-20)18(2)19-8-4-3-5-9-19/h3-5,8-9,12-14,18,20,22-23H,6-7,10-11,15-16H2,1-2H3/t18-,20+,22-,23+/m0/s1. The van der Waals surface area contributed by atoms with Gasteiger partial charge >= 0.3 is 5.97 Å². The van der Waals surface area contributed by atoms with Crippen molar-refractivity contribution in [1.82, 2.24) is 4.90 Å². The molecule has 0 unspecified atom stereocenters. The predicted molar refractivity (Wildman–Crippen MR) is 129 cm³/mol. The van der Waals surface area contributed by atoms with Crippen LogP contribution in [-0.2, 0) is 19.2 Å². The van der Waals surface area contributed by atoms with E-state index in [-0.39, 0.29) is 42.0 Å². The van der Waals surface area contributed by atoms with Crippen molar-refractivity contribution in [1.29, 1.82) is 0 Å². The number of amides is 3. The van der Waals surface area contributed by atoms with Crippen LogP contribution in [0, 0.1) is 24.7 Å². The lowest BCUT2D eigenvalue weighted by Gasteiger charge is -2.25. The van der Waals surface area contributed by atoms with Gasteiger partial charge in [-0.1, -0.05) is 43.2 Å². The van der Waals surface area contributed by atoms with E-state index in [0.717, 1.165) is 31.2 Å². The van der Waals surface area contributed by atoms with Gasteiger partial charge in [0.15, 0.2) is 0 Å². The summed E-state index contributed by atoms with van der Waals surface area (Å²) in [6, 6.07) is 14.6. The quantitative estimate of drug-likeness (QED) is 0.369. The van der Waals surface area contributed by atoms with Crippen molar-refractivity contribution in [2.75, 3.05) is 11.4 Å². The number of rotatable bonds is 5. The minimum atomic E-state index is -0.543. The minimum absolute atomic E-state index is 0.0673. The zero-order valence-electron chi connectivity index (χ0n) is 20.1. The number of likely N-dealkylation sites (tertiary alicyclic amines) is 1. The maximum absolute atomic E-state index is 12.9. The molecule has 1 saturated carbocycles. The number of imide groups is 1. The van der Waals surface area contributed by atoms with Crippen LogP contribution in [0.3, 0.4) is 0 Å². The number of carbonyl (C=O) groups is 4. The van der Waals surface area contributed by atoms with Crippen LogP contribution in [0.25, 0.3) is 0 Å². The van der Waals surface area contributed by atoms with Gasteiger partial charge in [0.1, 0.15) is 5.75 Å². The van der Waals surface area contributed by atoms with Gasteiger partial charge in [-0.3, -0.25) is 19.2 Å². The monoisotopic (exact) mass is 474 g/mol. The summed E-state index contributed by atoms with van der Waals surface area (Å²) in [6.45, 7) is 4.07. The van der Waals surface area contributed by atoms with Crippen LogP contribution in [0.15, 0.2) is 48.5 Å². The zero-order valence-corrected chi connectivity index (χ0v) is 20.1. The first-order chi connectivity index (χ1) is 16.8. The van der Waals surface area contributed by atoms with Crippen LogP contribution in [-0.4, -0.2) is 35.1 Å². The highest BCUT2D eigenvalue weighted by Crippen LogP contribution is 2.41. The molecule has 0 N–H and O–H groups in total. The molecule has 7 nitrogen and oxygen atoms in total. The van der Waals surface area contributed by atoms with Gasteiger partial charge in [-0.25, -0.2) is 4.90 Å². The fourth-order valence-corrected chi connectivity index (χ4v) is 5.72. The van der Waals surface area contributed by atoms with Gasteiger partial charge in [0.25, 0.3) is 0 Å². The molecule has 2 aromatic rings. The van der Waals surface area contributed by atoms with E-state index in [9.17, 15) is 19.2 Å². The van der Waals surface area contributed by atoms with Crippen molar-refractivity contribution in [3.05, 3.63) is 59.7 Å². The predicted octanol–water partition coefficient (Wildman–Crippen LogP) is 4.19. The largest absolute Gasteiger partial charge is 0.426 e. The molecule has 2 aliphatic heterocycles. The maximum Gasteiger partial charge on any atom is 0.316 e. The van der Waals surface area contributed by atoms with Gasteiger partial charge in [0.2, 0.25) is 17.7 Å². The van der Waals surface area contributed by atoms with E-state index >= 15 is 0 Å². The first kappa shape index (κ1) is 23.3. The molecule has 2 saturated heterocycles. The number of anilines is 1. The Bertz CT molecular complexity index is 1150.